The smallest absolute Gasteiger partial charge is 0.272 e. The summed E-state index contributed by atoms with van der Waals surface area (Å²) < 4.78 is 0.649. The lowest BCUT2D eigenvalue weighted by atomic mass is 10.1. The summed E-state index contributed by atoms with van der Waals surface area (Å²) in [6.45, 7) is 1.11. The van der Waals surface area contributed by atoms with Crippen LogP contribution < -0.4 is 0 Å². The summed E-state index contributed by atoms with van der Waals surface area (Å²) in [6, 6.07) is 5.25. The Labute approximate surface area is 102 Å². The fraction of sp³-hybridized carbons (Fsp3) is 0.455. The lowest BCUT2D eigenvalue weighted by Crippen LogP contribution is -2.42. The average Bonchev–Trinajstić information content (AvgIpc) is 2.28. The summed E-state index contributed by atoms with van der Waals surface area (Å²) in [4.78, 5) is 17.8. The number of rotatable bonds is 1. The van der Waals surface area contributed by atoms with Gasteiger partial charge in [0.1, 0.15) is 10.3 Å². The number of aromatic nitrogens is 1. The molecule has 1 atom stereocenters. The molecule has 1 aliphatic rings. The lowest BCUT2D eigenvalue weighted by Gasteiger charge is -2.29. The molecule has 1 N–H and O–H groups in total. The van der Waals surface area contributed by atoms with Crippen molar-refractivity contribution in [2.45, 2.75) is 18.9 Å². The van der Waals surface area contributed by atoms with Crippen molar-refractivity contribution in [1.29, 1.82) is 0 Å². The van der Waals surface area contributed by atoms with Gasteiger partial charge in [-0.3, -0.25) is 4.79 Å². The van der Waals surface area contributed by atoms with Crippen LogP contribution in [0.1, 0.15) is 23.3 Å². The normalized spacial score (nSPS) is 20.9. The van der Waals surface area contributed by atoms with Crippen LogP contribution in [-0.4, -0.2) is 40.1 Å². The highest BCUT2D eigenvalue weighted by molar-refractivity contribution is 9.10. The monoisotopic (exact) mass is 284 g/mol. The SMILES string of the molecule is O=C(c1cccc(Br)n1)N1CCCC(O)C1. The van der Waals surface area contributed by atoms with Crippen LogP contribution in [0.25, 0.3) is 0 Å². The fourth-order valence-corrected chi connectivity index (χ4v) is 2.17. The van der Waals surface area contributed by atoms with Gasteiger partial charge < -0.3 is 10.0 Å². The number of likely N-dealkylation sites (tertiary alicyclic amines) is 1. The van der Waals surface area contributed by atoms with Crippen molar-refractivity contribution in [1.82, 2.24) is 9.88 Å². The van der Waals surface area contributed by atoms with Gasteiger partial charge in [-0.1, -0.05) is 6.07 Å². The minimum Gasteiger partial charge on any atom is -0.391 e. The van der Waals surface area contributed by atoms with Crippen molar-refractivity contribution >= 4 is 21.8 Å². The second-order valence-corrected chi connectivity index (χ2v) is 4.71. The molecule has 0 spiro atoms. The number of aliphatic hydroxyl groups is 1. The van der Waals surface area contributed by atoms with E-state index < -0.39 is 6.10 Å². The molecule has 0 saturated carbocycles. The van der Waals surface area contributed by atoms with E-state index in [0.29, 0.717) is 23.4 Å². The minimum absolute atomic E-state index is 0.111. The van der Waals surface area contributed by atoms with Crippen LogP contribution in [0.5, 0.6) is 0 Å². The van der Waals surface area contributed by atoms with Gasteiger partial charge in [-0.05, 0) is 40.9 Å². The maximum atomic E-state index is 12.0. The molecule has 0 aromatic carbocycles. The van der Waals surface area contributed by atoms with Crippen LogP contribution in [0.2, 0.25) is 0 Å². The molecule has 5 heteroatoms. The first-order chi connectivity index (χ1) is 7.66. The van der Waals surface area contributed by atoms with Gasteiger partial charge in [0.15, 0.2) is 0 Å². The first-order valence-electron chi connectivity index (χ1n) is 5.27. The van der Waals surface area contributed by atoms with Gasteiger partial charge in [0, 0.05) is 13.1 Å². The van der Waals surface area contributed by atoms with Crippen molar-refractivity contribution in [3.63, 3.8) is 0 Å². The average molecular weight is 285 g/mol. The van der Waals surface area contributed by atoms with E-state index in [1.54, 1.807) is 23.1 Å². The molecule has 1 amide bonds. The number of nitrogens with zero attached hydrogens (tertiary/aromatic N) is 2. The van der Waals surface area contributed by atoms with Gasteiger partial charge in [0.25, 0.3) is 5.91 Å². The predicted octanol–water partition coefficient (Wildman–Crippen LogP) is 1.44. The number of aliphatic hydroxyl groups excluding tert-OH is 1. The van der Waals surface area contributed by atoms with E-state index in [1.807, 2.05) is 0 Å². The third-order valence-electron chi connectivity index (χ3n) is 2.62. The molecule has 1 unspecified atom stereocenters. The molecule has 1 saturated heterocycles. The predicted molar refractivity (Wildman–Crippen MR) is 63.1 cm³/mol. The molecule has 0 radical (unpaired) electrons. The topological polar surface area (TPSA) is 53.4 Å². The molecular formula is C11H13BrN2O2. The molecule has 86 valence electrons. The molecule has 16 heavy (non-hydrogen) atoms. The number of carbonyl (C=O) groups is 1. The molecule has 1 aliphatic heterocycles. The quantitative estimate of drug-likeness (QED) is 0.794. The zero-order valence-electron chi connectivity index (χ0n) is 8.77. The van der Waals surface area contributed by atoms with Crippen molar-refractivity contribution in [3.8, 4) is 0 Å². The standard InChI is InChI=1S/C11H13BrN2O2/c12-10-5-1-4-9(13-10)11(16)14-6-2-3-8(15)7-14/h1,4-5,8,15H,2-3,6-7H2. The van der Waals surface area contributed by atoms with Crippen LogP contribution in [0.15, 0.2) is 22.8 Å². The molecule has 2 heterocycles. The molecule has 1 aromatic rings. The van der Waals surface area contributed by atoms with E-state index in [1.165, 1.54) is 0 Å². The highest BCUT2D eigenvalue weighted by atomic mass is 79.9. The van der Waals surface area contributed by atoms with Crippen molar-refractivity contribution in [2.75, 3.05) is 13.1 Å². The van der Waals surface area contributed by atoms with Crippen molar-refractivity contribution in [2.24, 2.45) is 0 Å². The number of amides is 1. The molecule has 4 nitrogen and oxygen atoms in total. The van der Waals surface area contributed by atoms with Gasteiger partial charge in [0.2, 0.25) is 0 Å². The Morgan fingerprint density at radius 1 is 1.56 bits per heavy atom. The van der Waals surface area contributed by atoms with E-state index in [4.69, 9.17) is 0 Å². The number of hydrogen-bond acceptors (Lipinski definition) is 3. The van der Waals surface area contributed by atoms with Crippen molar-refractivity contribution < 1.29 is 9.90 Å². The highest BCUT2D eigenvalue weighted by Gasteiger charge is 2.23. The van der Waals surface area contributed by atoms with Gasteiger partial charge in [-0.15, -0.1) is 0 Å². The van der Waals surface area contributed by atoms with E-state index in [9.17, 15) is 9.90 Å². The molecule has 2 rings (SSSR count). The van der Waals surface area contributed by atoms with Crippen LogP contribution in [0, 0.1) is 0 Å². The summed E-state index contributed by atoms with van der Waals surface area (Å²) in [6.07, 6.45) is 1.22. The summed E-state index contributed by atoms with van der Waals surface area (Å²) in [5.74, 6) is -0.111. The van der Waals surface area contributed by atoms with Crippen LogP contribution >= 0.6 is 15.9 Å². The van der Waals surface area contributed by atoms with E-state index in [-0.39, 0.29) is 5.91 Å². The van der Waals surface area contributed by atoms with Crippen LogP contribution in [-0.2, 0) is 0 Å². The van der Waals surface area contributed by atoms with Gasteiger partial charge >= 0.3 is 0 Å². The maximum absolute atomic E-state index is 12.0. The first kappa shape index (κ1) is 11.5. The summed E-state index contributed by atoms with van der Waals surface area (Å²) in [5.41, 5.74) is 0.420. The third kappa shape index (κ3) is 2.59. The summed E-state index contributed by atoms with van der Waals surface area (Å²) >= 11 is 3.24. The highest BCUT2D eigenvalue weighted by Crippen LogP contribution is 2.14. The Balaban J connectivity index is 2.12. The number of halogens is 1. The van der Waals surface area contributed by atoms with E-state index in [2.05, 4.69) is 20.9 Å². The Morgan fingerprint density at radius 3 is 3.06 bits per heavy atom. The van der Waals surface area contributed by atoms with Gasteiger partial charge in [0.05, 0.1) is 6.10 Å². The second-order valence-electron chi connectivity index (χ2n) is 3.89. The number of hydrogen-bond donors (Lipinski definition) is 1. The Bertz CT molecular complexity index is 397. The lowest BCUT2D eigenvalue weighted by molar-refractivity contribution is 0.0469. The van der Waals surface area contributed by atoms with E-state index in [0.717, 1.165) is 12.8 Å². The number of piperidine rings is 1. The fourth-order valence-electron chi connectivity index (χ4n) is 1.83. The van der Waals surface area contributed by atoms with E-state index >= 15 is 0 Å². The number of pyridine rings is 1. The molecule has 0 bridgehead atoms. The largest absolute Gasteiger partial charge is 0.391 e. The summed E-state index contributed by atoms with van der Waals surface area (Å²) in [7, 11) is 0. The number of β-amino-alcohol motifs (C(OH)–C–C–N with tert-alkyl or cyclic N) is 1. The molecular weight excluding hydrogens is 272 g/mol. The van der Waals surface area contributed by atoms with Gasteiger partial charge in [-0.2, -0.15) is 0 Å². The second kappa shape index (κ2) is 4.93. The minimum atomic E-state index is -0.398. The zero-order valence-corrected chi connectivity index (χ0v) is 10.4. The van der Waals surface area contributed by atoms with Crippen LogP contribution in [0.4, 0.5) is 0 Å². The summed E-state index contributed by atoms with van der Waals surface area (Å²) in [5, 5.41) is 9.51. The first-order valence-corrected chi connectivity index (χ1v) is 6.06. The molecule has 1 fully saturated rings. The molecule has 1 aromatic heterocycles. The Kier molecular flexibility index (Phi) is 3.56. The van der Waals surface area contributed by atoms with Crippen molar-refractivity contribution in [3.05, 3.63) is 28.5 Å². The van der Waals surface area contributed by atoms with Crippen LogP contribution in [0.3, 0.4) is 0 Å². The molecule has 0 aliphatic carbocycles. The van der Waals surface area contributed by atoms with Gasteiger partial charge in [-0.25, -0.2) is 4.98 Å². The zero-order chi connectivity index (χ0) is 11.5. The third-order valence-corrected chi connectivity index (χ3v) is 3.06. The number of carbonyl (C=O) groups excluding carboxylic acids is 1. The maximum Gasteiger partial charge on any atom is 0.272 e. The Morgan fingerprint density at radius 2 is 2.38 bits per heavy atom. The Hall–Kier alpha value is -0.940.